The lowest BCUT2D eigenvalue weighted by Crippen LogP contribution is -2.53. The molecule has 2 N–H and O–H groups in total. The van der Waals surface area contributed by atoms with Gasteiger partial charge >= 0.3 is 5.97 Å². The van der Waals surface area contributed by atoms with Gasteiger partial charge in [0.15, 0.2) is 0 Å². The average Bonchev–Trinajstić information content (AvgIpc) is 2.38. The van der Waals surface area contributed by atoms with Crippen molar-refractivity contribution in [1.29, 1.82) is 0 Å². The van der Waals surface area contributed by atoms with Gasteiger partial charge in [0.25, 0.3) is 5.91 Å². The van der Waals surface area contributed by atoms with E-state index in [-0.39, 0.29) is 12.5 Å². The summed E-state index contributed by atoms with van der Waals surface area (Å²) in [5, 5.41) is 10.9. The van der Waals surface area contributed by atoms with E-state index in [0.717, 1.165) is 19.4 Å². The Labute approximate surface area is 107 Å². The Morgan fingerprint density at radius 1 is 1.44 bits per heavy atom. The first kappa shape index (κ1) is 14.9. The molecule has 0 aromatic rings. The Hall–Kier alpha value is -1.14. The van der Waals surface area contributed by atoms with Crippen molar-refractivity contribution < 1.29 is 19.4 Å². The Bertz CT molecular complexity index is 292. The molecular weight excluding hydrogens is 236 g/mol. The molecule has 0 aromatic heterocycles. The van der Waals surface area contributed by atoms with Crippen LogP contribution in [0, 0.1) is 0 Å². The fourth-order valence-electron chi connectivity index (χ4n) is 2.24. The Balaban J connectivity index is 2.47. The van der Waals surface area contributed by atoms with Crippen LogP contribution in [0.2, 0.25) is 0 Å². The summed E-state index contributed by atoms with van der Waals surface area (Å²) in [6, 6.07) is 0.462. The highest BCUT2D eigenvalue weighted by Gasteiger charge is 2.29. The molecule has 6 heteroatoms. The van der Waals surface area contributed by atoms with E-state index in [4.69, 9.17) is 9.84 Å². The minimum absolute atomic E-state index is 0.340. The smallest absolute Gasteiger partial charge is 0.322 e. The van der Waals surface area contributed by atoms with Gasteiger partial charge in [-0.15, -0.1) is 0 Å². The predicted molar refractivity (Wildman–Crippen MR) is 66.3 cm³/mol. The Morgan fingerprint density at radius 3 is 2.67 bits per heavy atom. The van der Waals surface area contributed by atoms with Gasteiger partial charge in [-0.2, -0.15) is 0 Å². The van der Waals surface area contributed by atoms with Crippen LogP contribution in [0.1, 0.15) is 26.7 Å². The van der Waals surface area contributed by atoms with Crippen molar-refractivity contribution in [1.82, 2.24) is 10.2 Å². The highest BCUT2D eigenvalue weighted by molar-refractivity contribution is 5.84. The predicted octanol–water partition coefficient (Wildman–Crippen LogP) is 0.0766. The number of carbonyl (C=O) groups excluding carboxylic acids is 1. The molecule has 1 heterocycles. The molecule has 1 aliphatic heterocycles. The molecule has 0 spiro atoms. The minimum Gasteiger partial charge on any atom is -0.480 e. The van der Waals surface area contributed by atoms with Gasteiger partial charge in [-0.1, -0.05) is 13.8 Å². The van der Waals surface area contributed by atoms with Gasteiger partial charge in [0.2, 0.25) is 0 Å². The van der Waals surface area contributed by atoms with Gasteiger partial charge in [0, 0.05) is 19.1 Å². The monoisotopic (exact) mass is 258 g/mol. The molecule has 0 saturated carbocycles. The zero-order valence-electron chi connectivity index (χ0n) is 11.0. The van der Waals surface area contributed by atoms with Crippen molar-refractivity contribution >= 4 is 11.9 Å². The third-order valence-electron chi connectivity index (χ3n) is 3.26. The van der Waals surface area contributed by atoms with E-state index in [0.29, 0.717) is 19.2 Å². The third-order valence-corrected chi connectivity index (χ3v) is 3.26. The van der Waals surface area contributed by atoms with E-state index in [1.165, 1.54) is 0 Å². The quantitative estimate of drug-likeness (QED) is 0.705. The molecule has 0 radical (unpaired) electrons. The van der Waals surface area contributed by atoms with E-state index < -0.39 is 12.1 Å². The standard InChI is InChI=1S/C12H22N2O4/c1-3-9(4-2)14-5-6-18-10(8-14)12(17)13-7-11(15)16/h9-10H,3-8H2,1-2H3,(H,13,17)(H,15,16)/t10-/m0/s1. The highest BCUT2D eigenvalue weighted by atomic mass is 16.5. The summed E-state index contributed by atoms with van der Waals surface area (Å²) in [4.78, 5) is 24.4. The summed E-state index contributed by atoms with van der Waals surface area (Å²) in [7, 11) is 0. The molecule has 0 bridgehead atoms. The number of nitrogens with zero attached hydrogens (tertiary/aromatic N) is 1. The van der Waals surface area contributed by atoms with Crippen molar-refractivity contribution in [2.24, 2.45) is 0 Å². The molecule has 1 rings (SSSR count). The van der Waals surface area contributed by atoms with Crippen molar-refractivity contribution in [2.45, 2.75) is 38.8 Å². The van der Waals surface area contributed by atoms with Gasteiger partial charge in [0.05, 0.1) is 6.61 Å². The van der Waals surface area contributed by atoms with Crippen LogP contribution in [0.4, 0.5) is 0 Å². The molecule has 18 heavy (non-hydrogen) atoms. The maximum absolute atomic E-state index is 11.7. The topological polar surface area (TPSA) is 78.9 Å². The molecule has 1 aliphatic rings. The summed E-state index contributed by atoms with van der Waals surface area (Å²) < 4.78 is 5.39. The minimum atomic E-state index is -1.05. The van der Waals surface area contributed by atoms with E-state index in [1.54, 1.807) is 0 Å². The van der Waals surface area contributed by atoms with Crippen LogP contribution < -0.4 is 5.32 Å². The zero-order chi connectivity index (χ0) is 13.5. The molecule has 1 atom stereocenters. The third kappa shape index (κ3) is 4.27. The van der Waals surface area contributed by atoms with E-state index in [1.807, 2.05) is 0 Å². The van der Waals surface area contributed by atoms with Gasteiger partial charge in [-0.25, -0.2) is 0 Å². The first-order valence-electron chi connectivity index (χ1n) is 6.43. The maximum Gasteiger partial charge on any atom is 0.322 e. The SMILES string of the molecule is CCC(CC)N1CCO[C@H](C(=O)NCC(=O)O)C1. The zero-order valence-corrected chi connectivity index (χ0v) is 11.0. The van der Waals surface area contributed by atoms with Crippen LogP contribution in [0.5, 0.6) is 0 Å². The summed E-state index contributed by atoms with van der Waals surface area (Å²) >= 11 is 0. The molecule has 1 saturated heterocycles. The van der Waals surface area contributed by atoms with Crippen molar-refractivity contribution in [3.05, 3.63) is 0 Å². The number of carboxylic acid groups (broad SMARTS) is 1. The number of hydrogen-bond donors (Lipinski definition) is 2. The number of aliphatic carboxylic acids is 1. The fraction of sp³-hybridized carbons (Fsp3) is 0.833. The molecule has 0 aliphatic carbocycles. The van der Waals surface area contributed by atoms with Gasteiger partial charge in [-0.3, -0.25) is 14.5 Å². The molecular formula is C12H22N2O4. The first-order valence-corrected chi connectivity index (χ1v) is 6.43. The van der Waals surface area contributed by atoms with Crippen LogP contribution in [0.25, 0.3) is 0 Å². The van der Waals surface area contributed by atoms with Crippen LogP contribution in [-0.2, 0) is 14.3 Å². The van der Waals surface area contributed by atoms with Gasteiger partial charge in [-0.05, 0) is 12.8 Å². The van der Waals surface area contributed by atoms with Gasteiger partial charge < -0.3 is 15.2 Å². The molecule has 0 unspecified atom stereocenters. The normalized spacial score (nSPS) is 20.9. The molecule has 1 amide bonds. The number of morpholine rings is 1. The number of ether oxygens (including phenoxy) is 1. The Morgan fingerprint density at radius 2 is 2.11 bits per heavy atom. The summed E-state index contributed by atoms with van der Waals surface area (Å²) in [6.07, 6.45) is 1.53. The van der Waals surface area contributed by atoms with Crippen LogP contribution in [0.15, 0.2) is 0 Å². The second-order valence-corrected chi connectivity index (χ2v) is 4.44. The second kappa shape index (κ2) is 7.33. The highest BCUT2D eigenvalue weighted by Crippen LogP contribution is 2.14. The number of rotatable bonds is 6. The summed E-state index contributed by atoms with van der Waals surface area (Å²) in [6.45, 7) is 5.78. The van der Waals surface area contributed by atoms with Gasteiger partial charge in [0.1, 0.15) is 12.6 Å². The first-order chi connectivity index (χ1) is 8.58. The van der Waals surface area contributed by atoms with E-state index >= 15 is 0 Å². The van der Waals surface area contributed by atoms with E-state index in [2.05, 4.69) is 24.1 Å². The number of carboxylic acids is 1. The molecule has 6 nitrogen and oxygen atoms in total. The van der Waals surface area contributed by atoms with Crippen molar-refractivity contribution in [3.8, 4) is 0 Å². The summed E-state index contributed by atoms with van der Waals surface area (Å²) in [5.41, 5.74) is 0. The lowest BCUT2D eigenvalue weighted by molar-refractivity contribution is -0.144. The van der Waals surface area contributed by atoms with Crippen LogP contribution in [-0.4, -0.2) is 60.3 Å². The number of carbonyl (C=O) groups is 2. The lowest BCUT2D eigenvalue weighted by Gasteiger charge is -2.37. The largest absolute Gasteiger partial charge is 0.480 e. The fourth-order valence-corrected chi connectivity index (χ4v) is 2.24. The van der Waals surface area contributed by atoms with E-state index in [9.17, 15) is 9.59 Å². The molecule has 104 valence electrons. The van der Waals surface area contributed by atoms with Crippen LogP contribution in [0.3, 0.4) is 0 Å². The van der Waals surface area contributed by atoms with Crippen LogP contribution >= 0.6 is 0 Å². The molecule has 1 fully saturated rings. The summed E-state index contributed by atoms with van der Waals surface area (Å²) in [5.74, 6) is -1.39. The lowest BCUT2D eigenvalue weighted by atomic mass is 10.1. The van der Waals surface area contributed by atoms with Crippen molar-refractivity contribution in [3.63, 3.8) is 0 Å². The molecule has 0 aromatic carbocycles. The van der Waals surface area contributed by atoms with Crippen molar-refractivity contribution in [2.75, 3.05) is 26.2 Å². The second-order valence-electron chi connectivity index (χ2n) is 4.44. The maximum atomic E-state index is 11.7. The number of amides is 1. The Kier molecular flexibility index (Phi) is 6.07. The number of hydrogen-bond acceptors (Lipinski definition) is 4. The number of nitrogens with one attached hydrogen (secondary N) is 1. The average molecular weight is 258 g/mol.